The van der Waals surface area contributed by atoms with E-state index in [0.717, 1.165) is 48.1 Å². The Hall–Kier alpha value is -2.27. The molecule has 1 saturated carbocycles. The lowest BCUT2D eigenvalue weighted by atomic mass is 9.66. The molecule has 0 bridgehead atoms. The molecule has 0 unspecified atom stereocenters. The molecule has 1 heterocycles. The van der Waals surface area contributed by atoms with E-state index in [0.29, 0.717) is 11.3 Å². The second-order valence-corrected chi connectivity index (χ2v) is 11.1. The average Bonchev–Trinajstić information content (AvgIpc) is 3.03. The molecule has 2 aliphatic rings. The standard InChI is InChI=1S/C27H35N3OS/c1-18-9-7-10-19(2)23(18)28-24-27(15-13-20(14-16-27)26(3,4)5)30(25(29-24)32-6)21-11-8-12-22(31)17-21/h7-12,17,20,31H,13-16H2,1-6H3. The first-order valence-electron chi connectivity index (χ1n) is 11.5. The van der Waals surface area contributed by atoms with E-state index in [1.165, 1.54) is 11.1 Å². The fraction of sp³-hybridized carbons (Fsp3) is 0.481. The molecule has 0 aromatic heterocycles. The highest BCUT2D eigenvalue weighted by molar-refractivity contribution is 8.13. The predicted octanol–water partition coefficient (Wildman–Crippen LogP) is 7.25. The maximum absolute atomic E-state index is 10.2. The maximum Gasteiger partial charge on any atom is 0.170 e. The topological polar surface area (TPSA) is 48.2 Å². The minimum absolute atomic E-state index is 0.279. The molecule has 0 saturated heterocycles. The molecule has 2 aromatic carbocycles. The Bertz CT molecular complexity index is 1040. The molecule has 0 amide bonds. The predicted molar refractivity (Wildman–Crippen MR) is 139 cm³/mol. The number of rotatable bonds is 2. The fourth-order valence-electron chi connectivity index (χ4n) is 5.28. The first kappa shape index (κ1) is 22.9. The molecular formula is C27H35N3OS. The Labute approximate surface area is 196 Å². The zero-order chi connectivity index (χ0) is 23.1. The van der Waals surface area contributed by atoms with Crippen molar-refractivity contribution in [1.82, 2.24) is 0 Å². The molecule has 4 nitrogen and oxygen atoms in total. The Kier molecular flexibility index (Phi) is 6.15. The second kappa shape index (κ2) is 8.58. The van der Waals surface area contributed by atoms with Crippen molar-refractivity contribution in [3.8, 4) is 5.75 Å². The Balaban J connectivity index is 1.85. The van der Waals surface area contributed by atoms with Crippen LogP contribution in [0.5, 0.6) is 5.75 Å². The first-order valence-corrected chi connectivity index (χ1v) is 12.8. The van der Waals surface area contributed by atoms with E-state index >= 15 is 0 Å². The van der Waals surface area contributed by atoms with Crippen molar-refractivity contribution in [2.24, 2.45) is 21.3 Å². The zero-order valence-electron chi connectivity index (χ0n) is 20.1. The van der Waals surface area contributed by atoms with Crippen LogP contribution < -0.4 is 4.90 Å². The molecule has 1 N–H and O–H groups in total. The van der Waals surface area contributed by atoms with Crippen LogP contribution >= 0.6 is 11.8 Å². The third-order valence-corrected chi connectivity index (χ3v) is 7.84. The third kappa shape index (κ3) is 4.07. The molecule has 1 fully saturated rings. The quantitative estimate of drug-likeness (QED) is 0.525. The smallest absolute Gasteiger partial charge is 0.170 e. The number of phenolic OH excluding ortho intramolecular Hbond substituents is 1. The van der Waals surface area contributed by atoms with Crippen molar-refractivity contribution in [3.63, 3.8) is 0 Å². The average molecular weight is 450 g/mol. The van der Waals surface area contributed by atoms with Crippen LogP contribution in [0, 0.1) is 25.2 Å². The van der Waals surface area contributed by atoms with Crippen LogP contribution in [0.4, 0.5) is 11.4 Å². The van der Waals surface area contributed by atoms with Crippen LogP contribution in [0.3, 0.4) is 0 Å². The van der Waals surface area contributed by atoms with Crippen LogP contribution in [-0.2, 0) is 0 Å². The number of anilines is 1. The van der Waals surface area contributed by atoms with Gasteiger partial charge in [0.2, 0.25) is 0 Å². The van der Waals surface area contributed by atoms with Gasteiger partial charge in [0.15, 0.2) is 11.0 Å². The van der Waals surface area contributed by atoms with Gasteiger partial charge in [-0.25, -0.2) is 9.98 Å². The van der Waals surface area contributed by atoms with Crippen LogP contribution in [0.1, 0.15) is 57.6 Å². The van der Waals surface area contributed by atoms with Gasteiger partial charge in [-0.1, -0.05) is 56.8 Å². The number of amidine groups is 2. The van der Waals surface area contributed by atoms with Gasteiger partial charge in [-0.15, -0.1) is 0 Å². The van der Waals surface area contributed by atoms with Gasteiger partial charge in [-0.3, -0.25) is 0 Å². The summed E-state index contributed by atoms with van der Waals surface area (Å²) in [5.74, 6) is 1.87. The summed E-state index contributed by atoms with van der Waals surface area (Å²) in [6.07, 6.45) is 6.36. The van der Waals surface area contributed by atoms with E-state index in [4.69, 9.17) is 9.98 Å². The van der Waals surface area contributed by atoms with Crippen LogP contribution in [0.15, 0.2) is 52.4 Å². The Morgan fingerprint density at radius 1 is 1.06 bits per heavy atom. The summed E-state index contributed by atoms with van der Waals surface area (Å²) in [6.45, 7) is 11.3. The second-order valence-electron chi connectivity index (χ2n) is 10.3. The normalized spacial score (nSPS) is 24.9. The van der Waals surface area contributed by atoms with Gasteiger partial charge in [-0.05, 0) is 80.4 Å². The molecular weight excluding hydrogens is 414 g/mol. The molecule has 170 valence electrons. The van der Waals surface area contributed by atoms with Gasteiger partial charge < -0.3 is 10.0 Å². The SMILES string of the molecule is CSC1=NC(=Nc2c(C)cccc2C)C2(CCC(C(C)(C)C)CC2)N1c1cccc(O)c1. The molecule has 0 radical (unpaired) electrons. The third-order valence-electron chi connectivity index (χ3n) is 7.20. The van der Waals surface area contributed by atoms with Gasteiger partial charge >= 0.3 is 0 Å². The molecule has 32 heavy (non-hydrogen) atoms. The van der Waals surface area contributed by atoms with Crippen molar-refractivity contribution >= 4 is 34.1 Å². The van der Waals surface area contributed by atoms with Crippen LogP contribution in [0.25, 0.3) is 0 Å². The van der Waals surface area contributed by atoms with Crippen molar-refractivity contribution in [2.45, 2.75) is 65.8 Å². The monoisotopic (exact) mass is 449 g/mol. The number of aliphatic imine (C=N–C) groups is 2. The number of nitrogens with zero attached hydrogens (tertiary/aromatic N) is 3. The first-order chi connectivity index (χ1) is 15.2. The minimum atomic E-state index is -0.289. The van der Waals surface area contributed by atoms with E-state index in [-0.39, 0.29) is 11.3 Å². The number of aromatic hydroxyl groups is 1. The number of hydrogen-bond acceptors (Lipinski definition) is 4. The summed E-state index contributed by atoms with van der Waals surface area (Å²) in [4.78, 5) is 12.7. The van der Waals surface area contributed by atoms with E-state index in [9.17, 15) is 5.11 Å². The van der Waals surface area contributed by atoms with Gasteiger partial charge in [0.1, 0.15) is 11.3 Å². The lowest BCUT2D eigenvalue weighted by Gasteiger charge is -2.47. The number of para-hydroxylation sites is 1. The molecule has 2 aromatic rings. The van der Waals surface area contributed by atoms with E-state index in [1.807, 2.05) is 12.1 Å². The van der Waals surface area contributed by atoms with Gasteiger partial charge in [-0.2, -0.15) is 0 Å². The largest absolute Gasteiger partial charge is 0.508 e. The summed E-state index contributed by atoms with van der Waals surface area (Å²) in [5, 5.41) is 11.2. The number of phenols is 1. The van der Waals surface area contributed by atoms with E-state index in [2.05, 4.69) is 70.0 Å². The summed E-state index contributed by atoms with van der Waals surface area (Å²) in [7, 11) is 0. The highest BCUT2D eigenvalue weighted by Crippen LogP contribution is 2.49. The zero-order valence-corrected chi connectivity index (χ0v) is 21.0. The van der Waals surface area contributed by atoms with Crippen molar-refractivity contribution < 1.29 is 5.11 Å². The fourth-order valence-corrected chi connectivity index (χ4v) is 5.92. The Morgan fingerprint density at radius 3 is 2.25 bits per heavy atom. The molecule has 0 atom stereocenters. The van der Waals surface area contributed by atoms with E-state index in [1.54, 1.807) is 17.8 Å². The molecule has 1 aliphatic heterocycles. The summed E-state index contributed by atoms with van der Waals surface area (Å²) in [5.41, 5.74) is 4.37. The molecule has 4 rings (SSSR count). The van der Waals surface area contributed by atoms with Crippen molar-refractivity contribution in [2.75, 3.05) is 11.2 Å². The summed E-state index contributed by atoms with van der Waals surface area (Å²) in [6, 6.07) is 13.9. The van der Waals surface area contributed by atoms with Crippen molar-refractivity contribution in [1.29, 1.82) is 0 Å². The van der Waals surface area contributed by atoms with Crippen LogP contribution in [0.2, 0.25) is 0 Å². The van der Waals surface area contributed by atoms with E-state index < -0.39 is 0 Å². The Morgan fingerprint density at radius 2 is 1.69 bits per heavy atom. The van der Waals surface area contributed by atoms with Gasteiger partial charge in [0.05, 0.1) is 5.69 Å². The maximum atomic E-state index is 10.2. The number of aryl methyl sites for hydroxylation is 2. The summed E-state index contributed by atoms with van der Waals surface area (Å²) >= 11 is 1.65. The highest BCUT2D eigenvalue weighted by atomic mass is 32.2. The molecule has 1 aliphatic carbocycles. The lowest BCUT2D eigenvalue weighted by molar-refractivity contribution is 0.158. The van der Waals surface area contributed by atoms with Crippen molar-refractivity contribution in [3.05, 3.63) is 53.6 Å². The number of hydrogen-bond donors (Lipinski definition) is 1. The number of benzene rings is 2. The highest BCUT2D eigenvalue weighted by Gasteiger charge is 2.52. The lowest BCUT2D eigenvalue weighted by Crippen LogP contribution is -2.54. The number of thioether (sulfide) groups is 1. The van der Waals surface area contributed by atoms with Crippen LogP contribution in [-0.4, -0.2) is 27.9 Å². The minimum Gasteiger partial charge on any atom is -0.508 e. The molecule has 1 spiro atoms. The van der Waals surface area contributed by atoms with Gasteiger partial charge in [0, 0.05) is 11.8 Å². The van der Waals surface area contributed by atoms with Gasteiger partial charge in [0.25, 0.3) is 0 Å². The summed E-state index contributed by atoms with van der Waals surface area (Å²) < 4.78 is 0. The molecule has 5 heteroatoms.